The molecule has 0 aliphatic heterocycles. The van der Waals surface area contributed by atoms with Gasteiger partial charge >= 0.3 is 0 Å². The van der Waals surface area contributed by atoms with Gasteiger partial charge < -0.3 is 4.90 Å². The number of halogens is 3. The van der Waals surface area contributed by atoms with Gasteiger partial charge in [0.05, 0.1) is 6.54 Å². The van der Waals surface area contributed by atoms with Gasteiger partial charge in [0.2, 0.25) is 0 Å². The highest BCUT2D eigenvalue weighted by Crippen LogP contribution is 2.29. The molecule has 0 radical (unpaired) electrons. The zero-order valence-electron chi connectivity index (χ0n) is 11.4. The van der Waals surface area contributed by atoms with Crippen LogP contribution in [0.5, 0.6) is 0 Å². The van der Waals surface area contributed by atoms with E-state index in [2.05, 4.69) is 15.9 Å². The maximum absolute atomic E-state index is 14.2. The summed E-state index contributed by atoms with van der Waals surface area (Å²) in [6.07, 6.45) is 0. The van der Waals surface area contributed by atoms with Gasteiger partial charge in [-0.1, -0.05) is 22.0 Å². The number of nitrogens with zero attached hydrogens (tertiary/aromatic N) is 1. The van der Waals surface area contributed by atoms with Crippen LogP contribution in [0, 0.1) is 11.6 Å². The number of hydrogen-bond donors (Lipinski definition) is 0. The largest absolute Gasteiger partial charge is 0.359 e. The molecule has 0 saturated heterocycles. The molecule has 20 heavy (non-hydrogen) atoms. The molecule has 0 atom stereocenters. The van der Waals surface area contributed by atoms with Crippen molar-refractivity contribution in [1.82, 2.24) is 0 Å². The number of hydrogen-bond acceptors (Lipinski definition) is 2. The van der Waals surface area contributed by atoms with Crippen molar-refractivity contribution in [1.29, 1.82) is 0 Å². The molecular weight excluding hydrogens is 344 g/mol. The lowest BCUT2D eigenvalue weighted by Gasteiger charge is -2.29. The van der Waals surface area contributed by atoms with Crippen molar-refractivity contribution in [3.8, 4) is 0 Å². The third-order valence-electron chi connectivity index (χ3n) is 3.05. The van der Waals surface area contributed by atoms with E-state index in [1.54, 1.807) is 16.2 Å². The second-order valence-corrected chi connectivity index (χ2v) is 6.44. The van der Waals surface area contributed by atoms with Crippen molar-refractivity contribution in [3.63, 3.8) is 0 Å². The first kappa shape index (κ1) is 15.4. The zero-order chi connectivity index (χ0) is 14.7. The van der Waals surface area contributed by atoms with Crippen molar-refractivity contribution in [2.45, 2.75) is 31.8 Å². The van der Waals surface area contributed by atoms with E-state index in [-0.39, 0.29) is 11.7 Å². The number of thiophene rings is 1. The molecule has 0 fully saturated rings. The van der Waals surface area contributed by atoms with Crippen molar-refractivity contribution in [3.05, 3.63) is 51.7 Å². The standard InChI is InChI=1S/C15H16BrF2NS/c1-10(2)19(9-12-4-3-5-20-12)15-13(17)6-11(8-16)7-14(15)18/h3-7,10H,8-9H2,1-2H3. The number of anilines is 1. The van der Waals surface area contributed by atoms with Crippen LogP contribution in [0.2, 0.25) is 0 Å². The Morgan fingerprint density at radius 3 is 2.35 bits per heavy atom. The van der Waals surface area contributed by atoms with Crippen LogP contribution >= 0.6 is 27.3 Å². The summed E-state index contributed by atoms with van der Waals surface area (Å²) >= 11 is 4.81. The molecule has 108 valence electrons. The van der Waals surface area contributed by atoms with Crippen LogP contribution in [-0.2, 0) is 11.9 Å². The fraction of sp³-hybridized carbons (Fsp3) is 0.333. The highest BCUT2D eigenvalue weighted by atomic mass is 79.9. The zero-order valence-corrected chi connectivity index (χ0v) is 13.8. The smallest absolute Gasteiger partial charge is 0.149 e. The Bertz CT molecular complexity index is 546. The Balaban J connectivity index is 2.39. The van der Waals surface area contributed by atoms with Gasteiger partial charge in [-0.2, -0.15) is 0 Å². The fourth-order valence-electron chi connectivity index (χ4n) is 2.06. The van der Waals surface area contributed by atoms with Gasteiger partial charge in [-0.25, -0.2) is 8.78 Å². The van der Waals surface area contributed by atoms with E-state index in [9.17, 15) is 8.78 Å². The average molecular weight is 360 g/mol. The highest BCUT2D eigenvalue weighted by molar-refractivity contribution is 9.08. The second kappa shape index (κ2) is 6.68. The number of benzene rings is 1. The van der Waals surface area contributed by atoms with E-state index >= 15 is 0 Å². The van der Waals surface area contributed by atoms with E-state index in [0.29, 0.717) is 17.4 Å². The summed E-state index contributed by atoms with van der Waals surface area (Å²) in [7, 11) is 0. The maximum atomic E-state index is 14.2. The molecule has 2 rings (SSSR count). The van der Waals surface area contributed by atoms with Gasteiger partial charge in [-0.3, -0.25) is 0 Å². The molecule has 0 saturated carbocycles. The lowest BCUT2D eigenvalue weighted by Crippen LogP contribution is -2.31. The van der Waals surface area contributed by atoms with Crippen molar-refractivity contribution >= 4 is 33.0 Å². The Morgan fingerprint density at radius 1 is 1.25 bits per heavy atom. The summed E-state index contributed by atoms with van der Waals surface area (Å²) in [5.41, 5.74) is 0.654. The first-order valence-corrected chi connectivity index (χ1v) is 8.36. The van der Waals surface area contributed by atoms with Crippen LogP contribution in [-0.4, -0.2) is 6.04 Å². The lowest BCUT2D eigenvalue weighted by atomic mass is 10.1. The second-order valence-electron chi connectivity index (χ2n) is 4.84. The molecule has 0 bridgehead atoms. The summed E-state index contributed by atoms with van der Waals surface area (Å²) in [6, 6.07) is 6.70. The van der Waals surface area contributed by atoms with Crippen LogP contribution in [0.1, 0.15) is 24.3 Å². The van der Waals surface area contributed by atoms with Gasteiger partial charge in [0, 0.05) is 16.2 Å². The van der Waals surface area contributed by atoms with E-state index in [1.165, 1.54) is 12.1 Å². The maximum Gasteiger partial charge on any atom is 0.149 e. The molecular formula is C15H16BrF2NS. The minimum atomic E-state index is -0.510. The minimum absolute atomic E-state index is 0.0101. The first-order valence-electron chi connectivity index (χ1n) is 6.35. The summed E-state index contributed by atoms with van der Waals surface area (Å²) < 4.78 is 28.5. The van der Waals surface area contributed by atoms with Crippen molar-refractivity contribution in [2.24, 2.45) is 0 Å². The molecule has 1 nitrogen and oxygen atoms in total. The Morgan fingerprint density at radius 2 is 1.90 bits per heavy atom. The third-order valence-corrected chi connectivity index (χ3v) is 4.56. The first-order chi connectivity index (χ1) is 9.52. The molecule has 2 aromatic rings. The molecule has 1 heterocycles. The predicted octanol–water partition coefficient (Wildman–Crippen LogP) is 5.34. The Hall–Kier alpha value is -0.940. The van der Waals surface area contributed by atoms with Gasteiger partial charge in [0.1, 0.15) is 17.3 Å². The Kier molecular flexibility index (Phi) is 5.16. The SMILES string of the molecule is CC(C)N(Cc1cccs1)c1c(F)cc(CBr)cc1F. The summed E-state index contributed by atoms with van der Waals surface area (Å²) in [5.74, 6) is -1.02. The van der Waals surface area contributed by atoms with E-state index in [0.717, 1.165) is 4.88 Å². The number of rotatable bonds is 5. The average Bonchev–Trinajstić information content (AvgIpc) is 2.89. The van der Waals surface area contributed by atoms with Crippen molar-refractivity contribution in [2.75, 3.05) is 4.90 Å². The fourth-order valence-corrected chi connectivity index (χ4v) is 3.09. The summed E-state index contributed by atoms with van der Waals surface area (Å²) in [5, 5.41) is 2.40. The minimum Gasteiger partial charge on any atom is -0.359 e. The lowest BCUT2D eigenvalue weighted by molar-refractivity contribution is 0.553. The molecule has 1 aromatic heterocycles. The van der Waals surface area contributed by atoms with Gasteiger partial charge in [0.15, 0.2) is 0 Å². The van der Waals surface area contributed by atoms with Crippen molar-refractivity contribution < 1.29 is 8.78 Å². The van der Waals surface area contributed by atoms with Gasteiger partial charge in [-0.15, -0.1) is 11.3 Å². The molecule has 0 spiro atoms. The molecule has 0 aliphatic carbocycles. The van der Waals surface area contributed by atoms with Crippen LogP contribution in [0.3, 0.4) is 0 Å². The molecule has 5 heteroatoms. The molecule has 1 aromatic carbocycles. The highest BCUT2D eigenvalue weighted by Gasteiger charge is 2.21. The topological polar surface area (TPSA) is 3.24 Å². The number of alkyl halides is 1. The molecule has 0 amide bonds. The van der Waals surface area contributed by atoms with Crippen LogP contribution in [0.4, 0.5) is 14.5 Å². The van der Waals surface area contributed by atoms with Gasteiger partial charge in [-0.05, 0) is 43.0 Å². The molecule has 0 unspecified atom stereocenters. The van der Waals surface area contributed by atoms with E-state index in [4.69, 9.17) is 0 Å². The summed E-state index contributed by atoms with van der Waals surface area (Å²) in [6.45, 7) is 4.38. The van der Waals surface area contributed by atoms with E-state index in [1.807, 2.05) is 31.4 Å². The van der Waals surface area contributed by atoms with E-state index < -0.39 is 11.6 Å². The monoisotopic (exact) mass is 359 g/mol. The normalized spacial score (nSPS) is 11.1. The third kappa shape index (κ3) is 3.38. The predicted molar refractivity (Wildman–Crippen MR) is 84.6 cm³/mol. The van der Waals surface area contributed by atoms with Crippen LogP contribution in [0.25, 0.3) is 0 Å². The Labute approximate surface area is 130 Å². The molecule has 0 aliphatic rings. The van der Waals surface area contributed by atoms with Crippen LogP contribution < -0.4 is 4.90 Å². The van der Waals surface area contributed by atoms with Gasteiger partial charge in [0.25, 0.3) is 0 Å². The van der Waals surface area contributed by atoms with Crippen LogP contribution in [0.15, 0.2) is 29.6 Å². The summed E-state index contributed by atoms with van der Waals surface area (Å²) in [4.78, 5) is 2.84. The molecule has 0 N–H and O–H groups in total. The quantitative estimate of drug-likeness (QED) is 0.651.